The number of hydrogen-bond donors (Lipinski definition) is 3. The van der Waals surface area contributed by atoms with Gasteiger partial charge in [-0.05, 0) is 57.4 Å². The van der Waals surface area contributed by atoms with E-state index in [-0.39, 0.29) is 51.1 Å². The van der Waals surface area contributed by atoms with E-state index in [9.17, 15) is 36.3 Å². The number of carbonyl (C=O) groups excluding carboxylic acids is 2. The van der Waals surface area contributed by atoms with E-state index >= 15 is 0 Å². The first-order valence-electron chi connectivity index (χ1n) is 10.8. The third kappa shape index (κ3) is 6.72. The zero-order valence-corrected chi connectivity index (χ0v) is 22.3. The Morgan fingerprint density at radius 3 is 2.08 bits per heavy atom. The smallest absolute Gasteiger partial charge is 0.381 e. The number of alkyl halides is 3. The van der Waals surface area contributed by atoms with Gasteiger partial charge in [0, 0.05) is 32.7 Å². The van der Waals surface area contributed by atoms with Gasteiger partial charge in [-0.15, -0.1) is 0 Å². The van der Waals surface area contributed by atoms with Gasteiger partial charge in [-0.1, -0.05) is 11.6 Å². The molecule has 0 saturated carbocycles. The molecule has 0 bridgehead atoms. The lowest BCUT2D eigenvalue weighted by Crippen LogP contribution is -2.52. The van der Waals surface area contributed by atoms with E-state index in [0.29, 0.717) is 6.54 Å². The minimum Gasteiger partial charge on any atom is -0.381 e. The third-order valence-electron chi connectivity index (χ3n) is 5.31. The maximum Gasteiger partial charge on any atom is 0.426 e. The number of nitrogens with one attached hydrogen (secondary N) is 2. The summed E-state index contributed by atoms with van der Waals surface area (Å²) in [5.74, 6) is -2.12. The average molecular weight is 565 g/mol. The van der Waals surface area contributed by atoms with Crippen LogP contribution in [-0.4, -0.2) is 88.2 Å². The van der Waals surface area contributed by atoms with Crippen LogP contribution < -0.4 is 10.6 Å². The second-order valence-electron chi connectivity index (χ2n) is 8.78. The number of benzene rings is 2. The first kappa shape index (κ1) is 30.4. The fourth-order valence-electron chi connectivity index (χ4n) is 2.98. The molecule has 2 rings (SSSR count). The second kappa shape index (κ2) is 11.3. The SMILES string of the molecule is CN(C)CCNc1c(S(=O)(=O)c2ccc(C(=O)N(C)C)cc2)ccc(NC(=O)[C@@](C)(O)C(F)(F)F)c1Cl. The fourth-order valence-corrected chi connectivity index (χ4v) is 4.76. The van der Waals surface area contributed by atoms with Gasteiger partial charge < -0.3 is 25.5 Å². The average Bonchev–Trinajstić information content (AvgIpc) is 2.79. The number of likely N-dealkylation sites (N-methyl/N-ethyl adjacent to an activating group) is 1. The number of hydrogen-bond acceptors (Lipinski definition) is 7. The molecule has 0 aliphatic rings. The number of carbonyl (C=O) groups is 2. The predicted molar refractivity (Wildman–Crippen MR) is 134 cm³/mol. The Balaban J connectivity index is 2.55. The van der Waals surface area contributed by atoms with Crippen molar-refractivity contribution in [3.8, 4) is 0 Å². The zero-order chi connectivity index (χ0) is 28.3. The van der Waals surface area contributed by atoms with Crippen molar-refractivity contribution in [2.24, 2.45) is 0 Å². The summed E-state index contributed by atoms with van der Waals surface area (Å²) in [5.41, 5.74) is -3.94. The van der Waals surface area contributed by atoms with Crippen LogP contribution in [0.3, 0.4) is 0 Å². The maximum atomic E-state index is 13.5. The van der Waals surface area contributed by atoms with Gasteiger partial charge in [-0.3, -0.25) is 9.59 Å². The molecule has 3 N–H and O–H groups in total. The van der Waals surface area contributed by atoms with E-state index < -0.39 is 27.5 Å². The lowest BCUT2D eigenvalue weighted by molar-refractivity contribution is -0.242. The largest absolute Gasteiger partial charge is 0.426 e. The van der Waals surface area contributed by atoms with Crippen molar-refractivity contribution in [1.29, 1.82) is 0 Å². The molecule has 2 aromatic rings. The molecule has 0 unspecified atom stereocenters. The Bertz CT molecular complexity index is 1260. The van der Waals surface area contributed by atoms with Crippen molar-refractivity contribution in [1.82, 2.24) is 9.80 Å². The van der Waals surface area contributed by atoms with Crippen molar-refractivity contribution in [2.75, 3.05) is 51.9 Å². The molecule has 37 heavy (non-hydrogen) atoms. The molecule has 0 radical (unpaired) electrons. The molecule has 9 nitrogen and oxygen atoms in total. The Morgan fingerprint density at radius 2 is 1.59 bits per heavy atom. The normalized spacial score (nSPS) is 13.7. The van der Waals surface area contributed by atoms with Gasteiger partial charge in [0.1, 0.15) is 0 Å². The summed E-state index contributed by atoms with van der Waals surface area (Å²) in [6.07, 6.45) is -5.26. The van der Waals surface area contributed by atoms with Gasteiger partial charge in [-0.25, -0.2) is 8.42 Å². The lowest BCUT2D eigenvalue weighted by atomic mass is 10.1. The van der Waals surface area contributed by atoms with Gasteiger partial charge >= 0.3 is 6.18 Å². The van der Waals surface area contributed by atoms with Gasteiger partial charge in [0.25, 0.3) is 11.8 Å². The van der Waals surface area contributed by atoms with Crippen LogP contribution in [0.4, 0.5) is 24.5 Å². The van der Waals surface area contributed by atoms with Crippen LogP contribution in [0, 0.1) is 0 Å². The first-order chi connectivity index (χ1) is 16.9. The Kier molecular flexibility index (Phi) is 9.23. The van der Waals surface area contributed by atoms with Crippen molar-refractivity contribution in [3.05, 3.63) is 47.0 Å². The number of aliphatic hydroxyl groups is 1. The summed E-state index contributed by atoms with van der Waals surface area (Å²) in [4.78, 5) is 27.0. The van der Waals surface area contributed by atoms with Gasteiger partial charge in [-0.2, -0.15) is 13.2 Å². The second-order valence-corrected chi connectivity index (χ2v) is 11.1. The molecule has 0 aromatic heterocycles. The lowest BCUT2D eigenvalue weighted by Gasteiger charge is -2.25. The van der Waals surface area contributed by atoms with E-state index in [1.54, 1.807) is 33.1 Å². The minimum atomic E-state index is -5.26. The first-order valence-corrected chi connectivity index (χ1v) is 12.7. The zero-order valence-electron chi connectivity index (χ0n) is 20.8. The summed E-state index contributed by atoms with van der Waals surface area (Å²) in [5, 5.41) is 14.1. The van der Waals surface area contributed by atoms with Crippen LogP contribution >= 0.6 is 11.6 Å². The van der Waals surface area contributed by atoms with Crippen LogP contribution in [0.15, 0.2) is 46.2 Å². The Morgan fingerprint density at radius 1 is 1.03 bits per heavy atom. The summed E-state index contributed by atoms with van der Waals surface area (Å²) >= 11 is 6.36. The third-order valence-corrected chi connectivity index (χ3v) is 7.52. The Hall–Kier alpha value is -2.87. The van der Waals surface area contributed by atoms with E-state index in [0.717, 1.165) is 12.1 Å². The van der Waals surface area contributed by atoms with Gasteiger partial charge in [0.05, 0.1) is 26.2 Å². The summed E-state index contributed by atoms with van der Waals surface area (Å²) in [6.45, 7) is 0.926. The van der Waals surface area contributed by atoms with E-state index in [2.05, 4.69) is 5.32 Å². The van der Waals surface area contributed by atoms with Crippen LogP contribution in [0.2, 0.25) is 5.02 Å². The van der Waals surface area contributed by atoms with E-state index in [1.165, 1.54) is 29.2 Å². The molecular formula is C23H28ClF3N4O5S. The molecule has 0 saturated heterocycles. The monoisotopic (exact) mass is 564 g/mol. The van der Waals surface area contributed by atoms with Crippen LogP contribution in [0.25, 0.3) is 0 Å². The molecule has 0 aliphatic heterocycles. The van der Waals surface area contributed by atoms with Crippen molar-refractivity contribution in [2.45, 2.75) is 28.5 Å². The molecule has 2 aromatic carbocycles. The van der Waals surface area contributed by atoms with Crippen LogP contribution in [0.1, 0.15) is 17.3 Å². The number of amides is 2. The predicted octanol–water partition coefficient (Wildman–Crippen LogP) is 3.10. The molecule has 14 heteroatoms. The topological polar surface area (TPSA) is 119 Å². The van der Waals surface area contributed by atoms with Crippen molar-refractivity contribution >= 4 is 44.6 Å². The highest BCUT2D eigenvalue weighted by atomic mass is 35.5. The minimum absolute atomic E-state index is 0.151. The molecule has 1 atom stereocenters. The van der Waals surface area contributed by atoms with Crippen molar-refractivity contribution < 1.29 is 36.3 Å². The molecule has 2 amide bonds. The highest BCUT2D eigenvalue weighted by Gasteiger charge is 2.55. The number of nitrogens with zero attached hydrogens (tertiary/aromatic N) is 2. The quantitative estimate of drug-likeness (QED) is 0.428. The summed E-state index contributed by atoms with van der Waals surface area (Å²) in [6, 6.07) is 7.31. The molecular weight excluding hydrogens is 537 g/mol. The van der Waals surface area contributed by atoms with Gasteiger partial charge in [0.15, 0.2) is 0 Å². The summed E-state index contributed by atoms with van der Waals surface area (Å²) < 4.78 is 66.2. The highest BCUT2D eigenvalue weighted by molar-refractivity contribution is 7.91. The van der Waals surface area contributed by atoms with Crippen LogP contribution in [0.5, 0.6) is 0 Å². The molecule has 0 fully saturated rings. The molecule has 204 valence electrons. The van der Waals surface area contributed by atoms with E-state index in [4.69, 9.17) is 11.6 Å². The van der Waals surface area contributed by atoms with Crippen LogP contribution in [-0.2, 0) is 14.6 Å². The maximum absolute atomic E-state index is 13.5. The Labute approximate surface area is 218 Å². The standard InChI is InChI=1S/C23H28ClF3N4O5S/c1-22(34,23(25,26)27)21(33)29-16-10-11-17(19(18(16)24)28-12-13-30(2)3)37(35,36)15-8-6-14(7-9-15)20(32)31(4)5/h6-11,28,34H,12-13H2,1-5H3,(H,29,33)/t22-/m1/s1. The van der Waals surface area contributed by atoms with E-state index in [1.807, 2.05) is 5.32 Å². The summed E-state index contributed by atoms with van der Waals surface area (Å²) in [7, 11) is 2.41. The number of anilines is 2. The number of halogens is 4. The molecule has 0 aliphatic carbocycles. The van der Waals surface area contributed by atoms with Gasteiger partial charge in [0.2, 0.25) is 15.4 Å². The fraction of sp³-hybridized carbons (Fsp3) is 0.391. The number of rotatable bonds is 9. The number of sulfone groups is 1. The van der Waals surface area contributed by atoms with Crippen molar-refractivity contribution in [3.63, 3.8) is 0 Å². The highest BCUT2D eigenvalue weighted by Crippen LogP contribution is 2.39. The molecule has 0 spiro atoms. The molecule has 0 heterocycles.